The highest BCUT2D eigenvalue weighted by Gasteiger charge is 2.18. The Balaban J connectivity index is 2.21. The lowest BCUT2D eigenvalue weighted by molar-refractivity contribution is -0.384. The van der Waals surface area contributed by atoms with Crippen molar-refractivity contribution in [3.63, 3.8) is 0 Å². The number of nitro groups is 1. The summed E-state index contributed by atoms with van der Waals surface area (Å²) < 4.78 is 0. The van der Waals surface area contributed by atoms with Crippen molar-refractivity contribution in [2.45, 2.75) is 13.5 Å². The van der Waals surface area contributed by atoms with Crippen molar-refractivity contribution < 1.29 is 14.8 Å². The van der Waals surface area contributed by atoms with Crippen LogP contribution in [0.25, 0.3) is 0 Å². The van der Waals surface area contributed by atoms with Gasteiger partial charge in [-0.05, 0) is 18.6 Å². The molecule has 0 aliphatic rings. The van der Waals surface area contributed by atoms with E-state index in [1.54, 1.807) is 6.20 Å². The van der Waals surface area contributed by atoms with Gasteiger partial charge in [0, 0.05) is 30.7 Å². The Morgan fingerprint density at radius 2 is 2.14 bits per heavy atom. The summed E-state index contributed by atoms with van der Waals surface area (Å²) in [6.07, 6.45) is 2.73. The number of anilines is 1. The minimum atomic E-state index is -1.26. The van der Waals surface area contributed by atoms with Crippen molar-refractivity contribution in [3.05, 3.63) is 57.5 Å². The lowest BCUT2D eigenvalue weighted by Gasteiger charge is -2.07. The minimum absolute atomic E-state index is 0.0191. The third-order valence-corrected chi connectivity index (χ3v) is 2.74. The second-order valence-electron chi connectivity index (χ2n) is 4.32. The molecule has 0 saturated heterocycles. The van der Waals surface area contributed by atoms with E-state index in [2.05, 4.69) is 15.3 Å². The minimum Gasteiger partial charge on any atom is -0.478 e. The maximum atomic E-state index is 11.0. The third kappa shape index (κ3) is 3.50. The van der Waals surface area contributed by atoms with Crippen LogP contribution in [0.1, 0.15) is 21.6 Å². The standard InChI is InChI=1S/C13H12N4O4/c1-8-2-3-9(5-14-8)6-15-12-11(17(20)21)4-10(7-16-12)13(18)19/h2-5,7H,6H2,1H3,(H,15,16)(H,18,19). The molecule has 0 bridgehead atoms. The number of pyridine rings is 2. The Kier molecular flexibility index (Phi) is 4.07. The molecule has 0 radical (unpaired) electrons. The summed E-state index contributed by atoms with van der Waals surface area (Å²) in [5.74, 6) is -1.24. The molecule has 21 heavy (non-hydrogen) atoms. The summed E-state index contributed by atoms with van der Waals surface area (Å²) in [6.45, 7) is 2.15. The van der Waals surface area contributed by atoms with Gasteiger partial charge in [-0.3, -0.25) is 15.1 Å². The third-order valence-electron chi connectivity index (χ3n) is 2.74. The predicted molar refractivity (Wildman–Crippen MR) is 74.2 cm³/mol. The van der Waals surface area contributed by atoms with E-state index in [4.69, 9.17) is 5.11 Å². The normalized spacial score (nSPS) is 10.1. The lowest BCUT2D eigenvalue weighted by Crippen LogP contribution is -2.07. The molecule has 2 heterocycles. The Morgan fingerprint density at radius 3 is 2.71 bits per heavy atom. The topological polar surface area (TPSA) is 118 Å². The molecule has 0 aromatic carbocycles. The average Bonchev–Trinajstić information content (AvgIpc) is 2.46. The lowest BCUT2D eigenvalue weighted by atomic mass is 10.2. The number of aromatic carboxylic acids is 1. The van der Waals surface area contributed by atoms with E-state index < -0.39 is 10.9 Å². The SMILES string of the molecule is Cc1ccc(CNc2ncc(C(=O)O)cc2[N+](=O)[O-])cn1. The molecule has 0 spiro atoms. The van der Waals surface area contributed by atoms with E-state index in [1.807, 2.05) is 19.1 Å². The largest absolute Gasteiger partial charge is 0.478 e. The summed E-state index contributed by atoms with van der Waals surface area (Å²) in [6, 6.07) is 4.64. The molecule has 0 unspecified atom stereocenters. The number of nitrogens with one attached hydrogen (secondary N) is 1. The van der Waals surface area contributed by atoms with E-state index in [-0.39, 0.29) is 17.1 Å². The zero-order valence-corrected chi connectivity index (χ0v) is 11.1. The van der Waals surface area contributed by atoms with Crippen molar-refractivity contribution in [3.8, 4) is 0 Å². The van der Waals surface area contributed by atoms with Gasteiger partial charge in [0.2, 0.25) is 5.82 Å². The summed E-state index contributed by atoms with van der Waals surface area (Å²) >= 11 is 0. The number of carboxylic acids is 1. The van der Waals surface area contributed by atoms with Gasteiger partial charge >= 0.3 is 11.7 Å². The highest BCUT2D eigenvalue weighted by atomic mass is 16.6. The van der Waals surface area contributed by atoms with Crippen LogP contribution in [-0.4, -0.2) is 26.0 Å². The number of hydrogen-bond acceptors (Lipinski definition) is 6. The number of carbonyl (C=O) groups is 1. The highest BCUT2D eigenvalue weighted by molar-refractivity contribution is 5.88. The van der Waals surface area contributed by atoms with Crippen molar-refractivity contribution in [2.24, 2.45) is 0 Å². The predicted octanol–water partition coefficient (Wildman–Crippen LogP) is 2.00. The van der Waals surface area contributed by atoms with Crippen molar-refractivity contribution in [1.29, 1.82) is 0 Å². The van der Waals surface area contributed by atoms with Gasteiger partial charge in [-0.15, -0.1) is 0 Å². The van der Waals surface area contributed by atoms with Crippen molar-refractivity contribution in [1.82, 2.24) is 9.97 Å². The molecule has 0 fully saturated rings. The van der Waals surface area contributed by atoms with Crippen LogP contribution >= 0.6 is 0 Å². The number of rotatable bonds is 5. The van der Waals surface area contributed by atoms with Gasteiger partial charge in [-0.25, -0.2) is 9.78 Å². The zero-order chi connectivity index (χ0) is 15.4. The quantitative estimate of drug-likeness (QED) is 0.638. The van der Waals surface area contributed by atoms with Crippen LogP contribution < -0.4 is 5.32 Å². The first kappa shape index (κ1) is 14.4. The number of hydrogen-bond donors (Lipinski definition) is 2. The first-order chi connectivity index (χ1) is 9.97. The van der Waals surface area contributed by atoms with E-state index >= 15 is 0 Å². The Morgan fingerprint density at radius 1 is 1.38 bits per heavy atom. The molecule has 2 aromatic heterocycles. The average molecular weight is 288 g/mol. The summed E-state index contributed by atoms with van der Waals surface area (Å²) in [4.78, 5) is 29.0. The van der Waals surface area contributed by atoms with Crippen LogP contribution in [0.3, 0.4) is 0 Å². The number of carboxylic acid groups (broad SMARTS) is 1. The summed E-state index contributed by atoms with van der Waals surface area (Å²) in [5.41, 5.74) is 1.09. The molecule has 2 aromatic rings. The molecule has 0 atom stereocenters. The highest BCUT2D eigenvalue weighted by Crippen LogP contribution is 2.23. The van der Waals surface area contributed by atoms with E-state index in [0.717, 1.165) is 23.5 Å². The summed E-state index contributed by atoms with van der Waals surface area (Å²) in [5, 5.41) is 22.6. The molecule has 8 nitrogen and oxygen atoms in total. The summed E-state index contributed by atoms with van der Waals surface area (Å²) in [7, 11) is 0. The van der Waals surface area contributed by atoms with Crippen LogP contribution in [0.2, 0.25) is 0 Å². The van der Waals surface area contributed by atoms with Gasteiger partial charge < -0.3 is 10.4 Å². The molecule has 0 aliphatic carbocycles. The molecule has 108 valence electrons. The van der Waals surface area contributed by atoms with Crippen molar-refractivity contribution >= 4 is 17.5 Å². The Bertz CT molecular complexity index is 685. The van der Waals surface area contributed by atoms with E-state index in [9.17, 15) is 14.9 Å². The second-order valence-corrected chi connectivity index (χ2v) is 4.32. The van der Waals surface area contributed by atoms with Gasteiger partial charge in [0.15, 0.2) is 0 Å². The fraction of sp³-hybridized carbons (Fsp3) is 0.154. The molecule has 8 heteroatoms. The molecular formula is C13H12N4O4. The Labute approximate surface area is 119 Å². The second kappa shape index (κ2) is 5.95. The zero-order valence-electron chi connectivity index (χ0n) is 11.1. The van der Waals surface area contributed by atoms with E-state index in [0.29, 0.717) is 6.54 Å². The van der Waals surface area contributed by atoms with Gasteiger partial charge in [-0.1, -0.05) is 6.07 Å². The monoisotopic (exact) mass is 288 g/mol. The van der Waals surface area contributed by atoms with Crippen LogP contribution in [0, 0.1) is 17.0 Å². The molecule has 2 rings (SSSR count). The fourth-order valence-corrected chi connectivity index (χ4v) is 1.63. The van der Waals surface area contributed by atoms with Crippen LogP contribution in [0.4, 0.5) is 11.5 Å². The van der Waals surface area contributed by atoms with Crippen LogP contribution in [0.15, 0.2) is 30.6 Å². The first-order valence-electron chi connectivity index (χ1n) is 6.00. The van der Waals surface area contributed by atoms with E-state index in [1.165, 1.54) is 0 Å². The first-order valence-corrected chi connectivity index (χ1v) is 6.00. The maximum Gasteiger partial charge on any atom is 0.337 e. The van der Waals surface area contributed by atoms with Crippen LogP contribution in [-0.2, 0) is 6.54 Å². The Hall–Kier alpha value is -3.03. The number of nitrogens with zero attached hydrogens (tertiary/aromatic N) is 3. The molecule has 0 aliphatic heterocycles. The molecule has 0 amide bonds. The number of aromatic nitrogens is 2. The number of aryl methyl sites for hydroxylation is 1. The fourth-order valence-electron chi connectivity index (χ4n) is 1.63. The molecule has 0 saturated carbocycles. The van der Waals surface area contributed by atoms with Crippen molar-refractivity contribution in [2.75, 3.05) is 5.32 Å². The molecule has 2 N–H and O–H groups in total. The van der Waals surface area contributed by atoms with Gasteiger partial charge in [-0.2, -0.15) is 0 Å². The molecular weight excluding hydrogens is 276 g/mol. The van der Waals surface area contributed by atoms with Crippen LogP contribution in [0.5, 0.6) is 0 Å². The maximum absolute atomic E-state index is 11.0. The van der Waals surface area contributed by atoms with Gasteiger partial charge in [0.1, 0.15) is 0 Å². The van der Waals surface area contributed by atoms with Gasteiger partial charge in [0.25, 0.3) is 0 Å². The van der Waals surface area contributed by atoms with Gasteiger partial charge in [0.05, 0.1) is 10.5 Å². The smallest absolute Gasteiger partial charge is 0.337 e.